The largest absolute Gasteiger partial charge is 0.476 e. The van der Waals surface area contributed by atoms with E-state index in [0.29, 0.717) is 55.4 Å². The maximum atomic E-state index is 13.0. The number of sulfonamides is 1. The number of nitrogens with one attached hydrogen (secondary N) is 1. The van der Waals surface area contributed by atoms with Crippen LogP contribution in [-0.4, -0.2) is 83.1 Å². The summed E-state index contributed by atoms with van der Waals surface area (Å²) < 4.78 is 34.4. The van der Waals surface area contributed by atoms with Crippen LogP contribution < -0.4 is 10.1 Å². The first kappa shape index (κ1) is 26.6. The third-order valence-electron chi connectivity index (χ3n) is 7.47. The van der Waals surface area contributed by atoms with Crippen molar-refractivity contribution in [1.82, 2.24) is 23.7 Å². The highest BCUT2D eigenvalue weighted by atomic mass is 32.2. The van der Waals surface area contributed by atoms with Gasteiger partial charge in [0.05, 0.1) is 17.5 Å². The van der Waals surface area contributed by atoms with Crippen molar-refractivity contribution in [3.05, 3.63) is 48.2 Å². The molecule has 204 valence electrons. The number of piperidine rings is 2. The lowest BCUT2D eigenvalue weighted by molar-refractivity contribution is 0.102. The van der Waals surface area contributed by atoms with Crippen LogP contribution in [-0.2, 0) is 10.0 Å². The number of benzene rings is 1. The van der Waals surface area contributed by atoms with Gasteiger partial charge in [0, 0.05) is 37.3 Å². The van der Waals surface area contributed by atoms with E-state index in [9.17, 15) is 13.2 Å². The van der Waals surface area contributed by atoms with Crippen LogP contribution in [0.3, 0.4) is 0 Å². The molecule has 0 radical (unpaired) electrons. The van der Waals surface area contributed by atoms with Crippen molar-refractivity contribution < 1.29 is 17.9 Å². The molecule has 4 heterocycles. The van der Waals surface area contributed by atoms with Crippen molar-refractivity contribution in [2.24, 2.45) is 0 Å². The Balaban J connectivity index is 1.39. The summed E-state index contributed by atoms with van der Waals surface area (Å²) in [4.78, 5) is 24.6. The average molecular weight is 541 g/mol. The van der Waals surface area contributed by atoms with Gasteiger partial charge >= 0.3 is 0 Å². The van der Waals surface area contributed by atoms with E-state index in [4.69, 9.17) is 9.72 Å². The van der Waals surface area contributed by atoms with E-state index >= 15 is 0 Å². The Bertz CT molecular complexity index is 1350. The highest BCUT2D eigenvalue weighted by Gasteiger charge is 2.30. The number of amides is 1. The van der Waals surface area contributed by atoms with Gasteiger partial charge in [0.2, 0.25) is 21.9 Å². The van der Waals surface area contributed by atoms with Crippen LogP contribution in [0.1, 0.15) is 55.4 Å². The molecule has 1 N–H and O–H groups in total. The number of nitrogens with zero attached hydrogens (tertiary/aromatic N) is 5. The van der Waals surface area contributed by atoms with Crippen LogP contribution in [0.4, 0.5) is 5.95 Å². The molecule has 10 nitrogen and oxygen atoms in total. The first-order valence-electron chi connectivity index (χ1n) is 13.5. The molecule has 0 spiro atoms. The molecule has 0 atom stereocenters. The average Bonchev–Trinajstić information content (AvgIpc) is 3.31. The van der Waals surface area contributed by atoms with E-state index < -0.39 is 10.0 Å². The lowest BCUT2D eigenvalue weighted by atomic mass is 10.1. The van der Waals surface area contributed by atoms with Gasteiger partial charge in [-0.3, -0.25) is 15.0 Å². The smallest absolute Gasteiger partial charge is 0.257 e. The topological polar surface area (TPSA) is 110 Å². The van der Waals surface area contributed by atoms with E-state index in [1.54, 1.807) is 29.6 Å². The van der Waals surface area contributed by atoms with Gasteiger partial charge < -0.3 is 9.30 Å². The molecule has 5 rings (SSSR count). The minimum absolute atomic E-state index is 0.0296. The molecule has 2 aromatic heterocycles. The van der Waals surface area contributed by atoms with Gasteiger partial charge in [0.15, 0.2) is 0 Å². The molecule has 0 unspecified atom stereocenters. The predicted octanol–water partition coefficient (Wildman–Crippen LogP) is 3.53. The quantitative estimate of drug-likeness (QED) is 0.442. The number of aromatic nitrogens is 3. The molecule has 3 aromatic rings. The molecule has 0 saturated carbocycles. The van der Waals surface area contributed by atoms with Crippen molar-refractivity contribution >= 4 is 32.9 Å². The minimum Gasteiger partial charge on any atom is -0.476 e. The van der Waals surface area contributed by atoms with Crippen molar-refractivity contribution in [3.63, 3.8) is 0 Å². The van der Waals surface area contributed by atoms with E-state index in [2.05, 4.69) is 15.2 Å². The fraction of sp³-hybridized carbons (Fsp3) is 0.519. The van der Waals surface area contributed by atoms with Gasteiger partial charge in [0.1, 0.15) is 12.1 Å². The molecule has 1 amide bonds. The summed E-state index contributed by atoms with van der Waals surface area (Å²) in [5.41, 5.74) is 2.00. The molecule has 38 heavy (non-hydrogen) atoms. The maximum Gasteiger partial charge on any atom is 0.257 e. The normalized spacial score (nSPS) is 18.0. The van der Waals surface area contributed by atoms with Crippen LogP contribution in [0, 0.1) is 0 Å². The molecule has 2 aliphatic heterocycles. The van der Waals surface area contributed by atoms with Gasteiger partial charge in [-0.2, -0.15) is 0 Å². The third-order valence-corrected chi connectivity index (χ3v) is 9.35. The lowest BCUT2D eigenvalue weighted by Crippen LogP contribution is -2.40. The molecular formula is C27H36N6O4S. The number of carbonyl (C=O) groups excluding carboxylic acids is 1. The second-order valence-electron chi connectivity index (χ2n) is 9.92. The zero-order valence-corrected chi connectivity index (χ0v) is 22.7. The molecule has 2 fully saturated rings. The fourth-order valence-electron chi connectivity index (χ4n) is 5.30. The van der Waals surface area contributed by atoms with Crippen LogP contribution in [0.5, 0.6) is 5.88 Å². The number of hydrogen-bond donors (Lipinski definition) is 1. The Morgan fingerprint density at radius 1 is 1.08 bits per heavy atom. The number of pyridine rings is 1. The maximum absolute atomic E-state index is 13.0. The molecule has 1 aromatic carbocycles. The molecule has 11 heteroatoms. The summed E-state index contributed by atoms with van der Waals surface area (Å²) in [6.45, 7) is 6.16. The Kier molecular flexibility index (Phi) is 8.25. The lowest BCUT2D eigenvalue weighted by Gasteiger charge is -2.32. The summed E-state index contributed by atoms with van der Waals surface area (Å²) in [5.74, 6) is 0.785. The van der Waals surface area contributed by atoms with E-state index in [-0.39, 0.29) is 17.7 Å². The van der Waals surface area contributed by atoms with Gasteiger partial charge in [-0.25, -0.2) is 22.7 Å². The molecule has 0 aliphatic carbocycles. The molecule has 0 bridgehead atoms. The van der Waals surface area contributed by atoms with Gasteiger partial charge in [-0.05, 0) is 57.8 Å². The number of carbonyl (C=O) groups is 1. The number of likely N-dealkylation sites (tertiary alicyclic amines) is 1. The summed E-state index contributed by atoms with van der Waals surface area (Å²) in [5, 5.41) is 2.98. The van der Waals surface area contributed by atoms with Gasteiger partial charge in [0.25, 0.3) is 5.91 Å². The highest BCUT2D eigenvalue weighted by molar-refractivity contribution is 7.89. The summed E-state index contributed by atoms with van der Waals surface area (Å²) >= 11 is 0. The minimum atomic E-state index is -3.24. The van der Waals surface area contributed by atoms with Crippen LogP contribution in [0.2, 0.25) is 0 Å². The molecule has 2 saturated heterocycles. The first-order valence-corrected chi connectivity index (χ1v) is 15.1. The van der Waals surface area contributed by atoms with Crippen molar-refractivity contribution in [3.8, 4) is 5.88 Å². The number of ether oxygens (including phenoxy) is 1. The SMILES string of the molecule is CCS(=O)(=O)N1CCC(n2c(NC(=O)c3ccccc3)nc3cnc(OCCN4CCCCC4)cc32)CC1. The summed E-state index contributed by atoms with van der Waals surface area (Å²) in [6, 6.07) is 10.9. The highest BCUT2D eigenvalue weighted by Crippen LogP contribution is 2.33. The Morgan fingerprint density at radius 2 is 1.82 bits per heavy atom. The van der Waals surface area contributed by atoms with Gasteiger partial charge in [-0.1, -0.05) is 24.6 Å². The molecule has 2 aliphatic rings. The third kappa shape index (κ3) is 6.00. The first-order chi connectivity index (χ1) is 18.4. The number of fused-ring (bicyclic) bond motifs is 1. The number of anilines is 1. The second-order valence-corrected chi connectivity index (χ2v) is 12.2. The van der Waals surface area contributed by atoms with Crippen LogP contribution in [0.15, 0.2) is 42.6 Å². The Morgan fingerprint density at radius 3 is 2.53 bits per heavy atom. The van der Waals surface area contributed by atoms with Gasteiger partial charge in [-0.15, -0.1) is 0 Å². The Labute approximate surface area is 224 Å². The summed E-state index contributed by atoms with van der Waals surface area (Å²) in [6.07, 6.45) is 6.68. The van der Waals surface area contributed by atoms with E-state index in [1.165, 1.54) is 19.3 Å². The number of imidazole rings is 1. The Hall–Kier alpha value is -3.02. The zero-order valence-electron chi connectivity index (χ0n) is 21.9. The summed E-state index contributed by atoms with van der Waals surface area (Å²) in [7, 11) is -3.24. The zero-order chi connectivity index (χ0) is 26.5. The van der Waals surface area contributed by atoms with Crippen LogP contribution in [0.25, 0.3) is 11.0 Å². The predicted molar refractivity (Wildman–Crippen MR) is 147 cm³/mol. The number of rotatable bonds is 9. The standard InChI is InChI=1S/C27H36N6O4S/c1-2-38(35,36)32-15-11-22(12-16-32)33-24-19-25(37-18-17-31-13-7-4-8-14-31)28-20-23(24)29-27(33)30-26(34)21-9-5-3-6-10-21/h3,5-6,9-10,19-20,22H,2,4,7-8,11-18H2,1H3,(H,29,30,34). The van der Waals surface area contributed by atoms with Crippen molar-refractivity contribution in [2.45, 2.75) is 45.1 Å². The van der Waals surface area contributed by atoms with Crippen molar-refractivity contribution in [2.75, 3.05) is 50.4 Å². The van der Waals surface area contributed by atoms with E-state index in [1.807, 2.05) is 28.8 Å². The monoisotopic (exact) mass is 540 g/mol. The van der Waals surface area contributed by atoms with Crippen molar-refractivity contribution in [1.29, 1.82) is 0 Å². The molecular weight excluding hydrogens is 504 g/mol. The number of hydrogen-bond acceptors (Lipinski definition) is 7. The van der Waals surface area contributed by atoms with Crippen LogP contribution >= 0.6 is 0 Å². The second kappa shape index (κ2) is 11.8. The van der Waals surface area contributed by atoms with E-state index in [0.717, 1.165) is 25.2 Å². The fourth-order valence-corrected chi connectivity index (χ4v) is 6.44.